The molecule has 5 nitrogen and oxygen atoms in total. The fourth-order valence-electron chi connectivity index (χ4n) is 2.85. The average molecular weight is 290 g/mol. The van der Waals surface area contributed by atoms with Gasteiger partial charge in [0.25, 0.3) is 0 Å². The van der Waals surface area contributed by atoms with Crippen LogP contribution in [-0.2, 0) is 16.0 Å². The summed E-state index contributed by atoms with van der Waals surface area (Å²) in [5.41, 5.74) is 7.44. The van der Waals surface area contributed by atoms with Crippen LogP contribution in [0.5, 0.6) is 0 Å². The van der Waals surface area contributed by atoms with Crippen LogP contribution in [0, 0.1) is 5.92 Å². The van der Waals surface area contributed by atoms with Crippen LogP contribution < -0.4 is 11.1 Å². The summed E-state index contributed by atoms with van der Waals surface area (Å²) < 4.78 is 0. The molecule has 1 aromatic rings. The van der Waals surface area contributed by atoms with Crippen molar-refractivity contribution in [2.45, 2.75) is 44.6 Å². The Labute approximate surface area is 124 Å². The molecule has 21 heavy (non-hydrogen) atoms. The predicted molar refractivity (Wildman–Crippen MR) is 80.7 cm³/mol. The predicted octanol–water partition coefficient (Wildman–Crippen LogP) is 1.96. The van der Waals surface area contributed by atoms with Gasteiger partial charge in [0, 0.05) is 18.2 Å². The van der Waals surface area contributed by atoms with Gasteiger partial charge in [-0.3, -0.25) is 9.59 Å². The minimum Gasteiger partial charge on any atom is -0.481 e. The molecule has 0 saturated heterocycles. The van der Waals surface area contributed by atoms with Crippen LogP contribution >= 0.6 is 0 Å². The summed E-state index contributed by atoms with van der Waals surface area (Å²) in [6.07, 6.45) is 4.03. The van der Waals surface area contributed by atoms with Gasteiger partial charge in [-0.2, -0.15) is 0 Å². The fourth-order valence-corrected chi connectivity index (χ4v) is 2.85. The van der Waals surface area contributed by atoms with E-state index in [4.69, 9.17) is 10.8 Å². The average Bonchev–Trinajstić information content (AvgIpc) is 2.45. The molecule has 1 amide bonds. The second-order valence-corrected chi connectivity index (χ2v) is 5.71. The van der Waals surface area contributed by atoms with E-state index < -0.39 is 5.97 Å². The number of anilines is 1. The van der Waals surface area contributed by atoms with Crippen molar-refractivity contribution in [3.8, 4) is 0 Å². The quantitative estimate of drug-likeness (QED) is 0.723. The zero-order valence-electron chi connectivity index (χ0n) is 12.0. The molecule has 0 aliphatic heterocycles. The molecule has 0 bridgehead atoms. The fraction of sp³-hybridized carbons (Fsp3) is 0.500. The summed E-state index contributed by atoms with van der Waals surface area (Å²) in [5.74, 6) is -1.10. The van der Waals surface area contributed by atoms with E-state index in [1.807, 2.05) is 24.3 Å². The molecule has 4 N–H and O–H groups in total. The number of carbonyl (C=O) groups excluding carboxylic acids is 1. The maximum absolute atomic E-state index is 12.0. The van der Waals surface area contributed by atoms with Gasteiger partial charge in [0.2, 0.25) is 5.91 Å². The molecule has 0 spiro atoms. The van der Waals surface area contributed by atoms with Crippen molar-refractivity contribution in [3.05, 3.63) is 29.8 Å². The summed E-state index contributed by atoms with van der Waals surface area (Å²) in [6, 6.07) is 7.51. The molecule has 2 rings (SSSR count). The maximum Gasteiger partial charge on any atom is 0.306 e. The van der Waals surface area contributed by atoms with Gasteiger partial charge >= 0.3 is 5.97 Å². The molecule has 0 aromatic heterocycles. The van der Waals surface area contributed by atoms with Gasteiger partial charge in [0.05, 0.1) is 5.92 Å². The number of hydrogen-bond acceptors (Lipinski definition) is 3. The van der Waals surface area contributed by atoms with Gasteiger partial charge in [0.15, 0.2) is 0 Å². The number of aliphatic carboxylic acids is 1. The molecule has 0 heterocycles. The van der Waals surface area contributed by atoms with Crippen molar-refractivity contribution in [1.29, 1.82) is 0 Å². The number of benzene rings is 1. The van der Waals surface area contributed by atoms with Crippen LogP contribution in [0.3, 0.4) is 0 Å². The number of carboxylic acid groups (broad SMARTS) is 1. The third-order valence-corrected chi connectivity index (χ3v) is 3.98. The molecule has 1 aliphatic carbocycles. The second kappa shape index (κ2) is 7.11. The van der Waals surface area contributed by atoms with Crippen LogP contribution in [0.1, 0.15) is 37.7 Å². The summed E-state index contributed by atoms with van der Waals surface area (Å²) in [4.78, 5) is 23.0. The highest BCUT2D eigenvalue weighted by Gasteiger charge is 2.27. The van der Waals surface area contributed by atoms with Crippen molar-refractivity contribution < 1.29 is 14.7 Å². The number of rotatable bonds is 5. The van der Waals surface area contributed by atoms with Crippen LogP contribution in [0.4, 0.5) is 5.69 Å². The van der Waals surface area contributed by atoms with Crippen molar-refractivity contribution in [1.82, 2.24) is 5.32 Å². The van der Waals surface area contributed by atoms with E-state index in [-0.39, 0.29) is 17.9 Å². The highest BCUT2D eigenvalue weighted by atomic mass is 16.4. The number of nitrogens with two attached hydrogens (primary N) is 1. The summed E-state index contributed by atoms with van der Waals surface area (Å²) in [5, 5.41) is 12.0. The van der Waals surface area contributed by atoms with Crippen molar-refractivity contribution >= 4 is 17.6 Å². The topological polar surface area (TPSA) is 92.4 Å². The molecule has 1 aliphatic rings. The summed E-state index contributed by atoms with van der Waals surface area (Å²) >= 11 is 0. The monoisotopic (exact) mass is 290 g/mol. The number of carboxylic acids is 1. The summed E-state index contributed by atoms with van der Waals surface area (Å²) in [6.45, 7) is 0. The van der Waals surface area contributed by atoms with E-state index in [0.29, 0.717) is 31.4 Å². The molecule has 1 fully saturated rings. The van der Waals surface area contributed by atoms with E-state index in [0.717, 1.165) is 18.4 Å². The SMILES string of the molecule is Nc1cccc(CCC(=O)NC2CCCC(C(=O)O)C2)c1. The molecule has 0 radical (unpaired) electrons. The Bertz CT molecular complexity index is 516. The number of nitrogens with one attached hydrogen (secondary N) is 1. The highest BCUT2D eigenvalue weighted by Crippen LogP contribution is 2.24. The third-order valence-electron chi connectivity index (χ3n) is 3.98. The van der Waals surface area contributed by atoms with Crippen molar-refractivity contribution in [3.63, 3.8) is 0 Å². The van der Waals surface area contributed by atoms with Crippen LogP contribution in [0.25, 0.3) is 0 Å². The number of amides is 1. The first kappa shape index (κ1) is 15.4. The van der Waals surface area contributed by atoms with Gasteiger partial charge < -0.3 is 16.2 Å². The van der Waals surface area contributed by atoms with E-state index in [1.54, 1.807) is 0 Å². The van der Waals surface area contributed by atoms with Gasteiger partial charge in [-0.15, -0.1) is 0 Å². The first-order valence-electron chi connectivity index (χ1n) is 7.41. The zero-order valence-corrected chi connectivity index (χ0v) is 12.0. The molecule has 2 atom stereocenters. The Hall–Kier alpha value is -2.04. The lowest BCUT2D eigenvalue weighted by atomic mass is 9.85. The Kier molecular flexibility index (Phi) is 5.20. The normalized spacial score (nSPS) is 21.7. The Morgan fingerprint density at radius 3 is 2.86 bits per heavy atom. The first-order chi connectivity index (χ1) is 10.0. The van der Waals surface area contributed by atoms with Gasteiger partial charge in [-0.05, 0) is 43.4 Å². The molecular formula is C16H22N2O3. The smallest absolute Gasteiger partial charge is 0.306 e. The zero-order chi connectivity index (χ0) is 15.2. The van der Waals surface area contributed by atoms with E-state index >= 15 is 0 Å². The number of hydrogen-bond donors (Lipinski definition) is 3. The van der Waals surface area contributed by atoms with Crippen molar-refractivity contribution in [2.24, 2.45) is 5.92 Å². The first-order valence-corrected chi connectivity index (χ1v) is 7.41. The Morgan fingerprint density at radius 2 is 2.14 bits per heavy atom. The molecular weight excluding hydrogens is 268 g/mol. The molecule has 114 valence electrons. The van der Waals surface area contributed by atoms with Crippen LogP contribution in [0.2, 0.25) is 0 Å². The maximum atomic E-state index is 12.0. The minimum atomic E-state index is -0.756. The molecule has 1 aromatic carbocycles. The molecule has 1 saturated carbocycles. The number of nitrogen functional groups attached to an aromatic ring is 1. The number of carbonyl (C=O) groups is 2. The van der Waals surface area contributed by atoms with E-state index in [9.17, 15) is 9.59 Å². The van der Waals surface area contributed by atoms with Crippen LogP contribution in [0.15, 0.2) is 24.3 Å². The Balaban J connectivity index is 1.78. The lowest BCUT2D eigenvalue weighted by Gasteiger charge is -2.27. The minimum absolute atomic E-state index is 0.00630. The molecule has 2 unspecified atom stereocenters. The van der Waals surface area contributed by atoms with Gasteiger partial charge in [0.1, 0.15) is 0 Å². The molecule has 5 heteroatoms. The van der Waals surface area contributed by atoms with Gasteiger partial charge in [-0.1, -0.05) is 18.6 Å². The lowest BCUT2D eigenvalue weighted by molar-refractivity contribution is -0.143. The lowest BCUT2D eigenvalue weighted by Crippen LogP contribution is -2.40. The highest BCUT2D eigenvalue weighted by molar-refractivity contribution is 5.77. The van der Waals surface area contributed by atoms with Gasteiger partial charge in [-0.25, -0.2) is 0 Å². The number of aryl methyl sites for hydroxylation is 1. The largest absolute Gasteiger partial charge is 0.481 e. The van der Waals surface area contributed by atoms with E-state index in [2.05, 4.69) is 5.32 Å². The third kappa shape index (κ3) is 4.77. The van der Waals surface area contributed by atoms with E-state index in [1.165, 1.54) is 0 Å². The second-order valence-electron chi connectivity index (χ2n) is 5.71. The standard InChI is InChI=1S/C16H22N2O3/c17-13-5-1-3-11(9-13)7-8-15(19)18-14-6-2-4-12(10-14)16(20)21/h1,3,5,9,12,14H,2,4,6-8,10,17H2,(H,18,19)(H,20,21). The van der Waals surface area contributed by atoms with Crippen molar-refractivity contribution in [2.75, 3.05) is 5.73 Å². The van der Waals surface area contributed by atoms with Crippen LogP contribution in [-0.4, -0.2) is 23.0 Å². The summed E-state index contributed by atoms with van der Waals surface area (Å²) in [7, 11) is 0. The Morgan fingerprint density at radius 1 is 1.33 bits per heavy atom.